The van der Waals surface area contributed by atoms with Gasteiger partial charge in [-0.3, -0.25) is 4.79 Å². The maximum absolute atomic E-state index is 12.8. The van der Waals surface area contributed by atoms with E-state index < -0.39 is 19.9 Å². The van der Waals surface area contributed by atoms with Crippen LogP contribution in [0.25, 0.3) is 0 Å². The highest BCUT2D eigenvalue weighted by molar-refractivity contribution is 7.91. The lowest BCUT2D eigenvalue weighted by Gasteiger charge is -2.24. The normalized spacial score (nSPS) is 22.7. The maximum Gasteiger partial charge on any atom is 0.243 e. The number of anilines is 1. The molecule has 0 aliphatic carbocycles. The Morgan fingerprint density at radius 1 is 1.14 bits per heavy atom. The Hall–Kier alpha value is -1.65. The zero-order valence-electron chi connectivity index (χ0n) is 16.7. The lowest BCUT2D eigenvalue weighted by atomic mass is 10.2. The molecule has 1 unspecified atom stereocenters. The number of carbonyl (C=O) groups is 1. The lowest BCUT2D eigenvalue weighted by Crippen LogP contribution is -2.40. The molecule has 0 aromatic heterocycles. The van der Waals surface area contributed by atoms with Gasteiger partial charge in [0, 0.05) is 31.9 Å². The smallest absolute Gasteiger partial charge is 0.243 e. The van der Waals surface area contributed by atoms with Crippen molar-refractivity contribution in [2.75, 3.05) is 43.5 Å². The van der Waals surface area contributed by atoms with Crippen molar-refractivity contribution < 1.29 is 21.6 Å². The predicted octanol–water partition coefficient (Wildman–Crippen LogP) is 1.31. The minimum Gasteiger partial charge on any atom is -0.376 e. The number of sulfonamides is 1. The van der Waals surface area contributed by atoms with Crippen molar-refractivity contribution in [1.82, 2.24) is 9.21 Å². The Kier molecular flexibility index (Phi) is 6.85. The molecule has 10 heteroatoms. The van der Waals surface area contributed by atoms with Crippen LogP contribution in [0.3, 0.4) is 0 Å². The number of benzene rings is 1. The molecule has 2 aliphatic heterocycles. The molecular formula is C19H29N3O5S2. The summed E-state index contributed by atoms with van der Waals surface area (Å²) in [6, 6.07) is 6.13. The molecule has 162 valence electrons. The van der Waals surface area contributed by atoms with Crippen LogP contribution in [0.1, 0.15) is 32.1 Å². The van der Waals surface area contributed by atoms with Gasteiger partial charge in [-0.05, 0) is 43.5 Å². The molecule has 1 aromatic carbocycles. The van der Waals surface area contributed by atoms with Gasteiger partial charge in [-0.15, -0.1) is 0 Å². The molecule has 1 amide bonds. The Bertz CT molecular complexity index is 921. The van der Waals surface area contributed by atoms with Gasteiger partial charge < -0.3 is 10.2 Å². The highest BCUT2D eigenvalue weighted by Gasteiger charge is 2.32. The molecule has 3 rings (SSSR count). The first-order valence-electron chi connectivity index (χ1n) is 9.99. The van der Waals surface area contributed by atoms with Crippen molar-refractivity contribution >= 4 is 31.5 Å². The van der Waals surface area contributed by atoms with Gasteiger partial charge in [0.1, 0.15) is 0 Å². The van der Waals surface area contributed by atoms with Crippen LogP contribution >= 0.6 is 0 Å². The molecule has 1 N–H and O–H groups in total. The van der Waals surface area contributed by atoms with Gasteiger partial charge in [0.25, 0.3) is 0 Å². The number of hydrogen-bond acceptors (Lipinski definition) is 6. The van der Waals surface area contributed by atoms with Crippen LogP contribution < -0.4 is 5.32 Å². The highest BCUT2D eigenvalue weighted by Crippen LogP contribution is 2.22. The highest BCUT2D eigenvalue weighted by atomic mass is 32.2. The van der Waals surface area contributed by atoms with Gasteiger partial charge in [0.05, 0.1) is 22.9 Å². The van der Waals surface area contributed by atoms with Crippen molar-refractivity contribution in [3.8, 4) is 0 Å². The number of nitrogens with zero attached hydrogens (tertiary/aromatic N) is 2. The molecule has 1 aromatic rings. The molecular weight excluding hydrogens is 414 g/mol. The summed E-state index contributed by atoms with van der Waals surface area (Å²) < 4.78 is 50.3. The fraction of sp³-hybridized carbons (Fsp3) is 0.632. The summed E-state index contributed by atoms with van der Waals surface area (Å²) in [7, 11) is -4.92. The van der Waals surface area contributed by atoms with Gasteiger partial charge >= 0.3 is 0 Å². The van der Waals surface area contributed by atoms with Gasteiger partial charge in [-0.1, -0.05) is 12.8 Å². The fourth-order valence-corrected chi connectivity index (χ4v) is 7.05. The standard InChI is InChI=1S/C19H29N3O5S2/c1-21(17-10-13-28(24,25)15-17)19(23)14-20-16-6-8-18(9-7-16)29(26,27)22-11-4-2-3-5-12-22/h6-9,17,20H,2-5,10-15H2,1H3. The first-order chi connectivity index (χ1) is 13.7. The van der Waals surface area contributed by atoms with E-state index in [1.54, 1.807) is 35.6 Å². The van der Waals surface area contributed by atoms with E-state index in [9.17, 15) is 21.6 Å². The summed E-state index contributed by atoms with van der Waals surface area (Å²) in [5, 5.41) is 2.99. The second-order valence-corrected chi connectivity index (χ2v) is 11.9. The van der Waals surface area contributed by atoms with Crippen molar-refractivity contribution in [3.05, 3.63) is 24.3 Å². The van der Waals surface area contributed by atoms with E-state index >= 15 is 0 Å². The minimum atomic E-state index is -3.50. The number of hydrogen-bond donors (Lipinski definition) is 1. The molecule has 2 aliphatic rings. The third-order valence-electron chi connectivity index (χ3n) is 5.65. The monoisotopic (exact) mass is 443 g/mol. The minimum absolute atomic E-state index is 0.0122. The van der Waals surface area contributed by atoms with E-state index in [2.05, 4.69) is 5.32 Å². The Morgan fingerprint density at radius 3 is 2.31 bits per heavy atom. The SMILES string of the molecule is CN(C(=O)CNc1ccc(S(=O)(=O)N2CCCCCC2)cc1)C1CCS(=O)(=O)C1. The molecule has 2 fully saturated rings. The number of nitrogens with one attached hydrogen (secondary N) is 1. The summed E-state index contributed by atoms with van der Waals surface area (Å²) in [5.41, 5.74) is 0.639. The van der Waals surface area contributed by atoms with Crippen LogP contribution in [0, 0.1) is 0 Å². The molecule has 1 atom stereocenters. The zero-order chi connectivity index (χ0) is 21.1. The zero-order valence-corrected chi connectivity index (χ0v) is 18.3. The Labute approximate surface area is 173 Å². The van der Waals surface area contributed by atoms with Gasteiger partial charge in [-0.2, -0.15) is 4.31 Å². The lowest BCUT2D eigenvalue weighted by molar-refractivity contribution is -0.129. The van der Waals surface area contributed by atoms with Crippen LogP contribution in [0.4, 0.5) is 5.69 Å². The second kappa shape index (κ2) is 9.01. The van der Waals surface area contributed by atoms with E-state index in [4.69, 9.17) is 0 Å². The molecule has 0 bridgehead atoms. The number of sulfone groups is 1. The molecule has 0 saturated carbocycles. The van der Waals surface area contributed by atoms with E-state index in [0.29, 0.717) is 25.2 Å². The summed E-state index contributed by atoms with van der Waals surface area (Å²) in [6.07, 6.45) is 4.36. The number of likely N-dealkylation sites (N-methyl/N-ethyl adjacent to an activating group) is 1. The maximum atomic E-state index is 12.8. The first kappa shape index (κ1) is 22.0. The topological polar surface area (TPSA) is 104 Å². The van der Waals surface area contributed by atoms with Gasteiger partial charge in [0.15, 0.2) is 9.84 Å². The van der Waals surface area contributed by atoms with Gasteiger partial charge in [-0.25, -0.2) is 16.8 Å². The first-order valence-corrected chi connectivity index (χ1v) is 13.3. The quantitative estimate of drug-likeness (QED) is 0.711. The van der Waals surface area contributed by atoms with E-state index in [1.807, 2.05) is 0 Å². The van der Waals surface area contributed by atoms with Crippen molar-refractivity contribution in [3.63, 3.8) is 0 Å². The van der Waals surface area contributed by atoms with Crippen molar-refractivity contribution in [1.29, 1.82) is 0 Å². The van der Waals surface area contributed by atoms with Crippen molar-refractivity contribution in [2.45, 2.75) is 43.0 Å². The Balaban J connectivity index is 1.57. The second-order valence-electron chi connectivity index (χ2n) is 7.76. The average molecular weight is 444 g/mol. The van der Waals surface area contributed by atoms with E-state index in [0.717, 1.165) is 25.7 Å². The summed E-state index contributed by atoms with van der Waals surface area (Å²) in [5.74, 6) is -0.0677. The third kappa shape index (κ3) is 5.49. The molecule has 0 spiro atoms. The van der Waals surface area contributed by atoms with Crippen LogP contribution in [0.15, 0.2) is 29.2 Å². The van der Waals surface area contributed by atoms with Crippen molar-refractivity contribution in [2.24, 2.45) is 0 Å². The van der Waals surface area contributed by atoms with Crippen LogP contribution in [0.2, 0.25) is 0 Å². The molecule has 8 nitrogen and oxygen atoms in total. The molecule has 2 saturated heterocycles. The number of carbonyl (C=O) groups excluding carboxylic acids is 1. The largest absolute Gasteiger partial charge is 0.376 e. The average Bonchev–Trinajstić information content (AvgIpc) is 2.88. The van der Waals surface area contributed by atoms with Crippen LogP contribution in [-0.4, -0.2) is 76.2 Å². The van der Waals surface area contributed by atoms with Gasteiger partial charge in [0.2, 0.25) is 15.9 Å². The Morgan fingerprint density at radius 2 is 1.76 bits per heavy atom. The van der Waals surface area contributed by atoms with E-state index in [-0.39, 0.29) is 34.9 Å². The van der Waals surface area contributed by atoms with E-state index in [1.165, 1.54) is 4.90 Å². The third-order valence-corrected chi connectivity index (χ3v) is 9.31. The molecule has 29 heavy (non-hydrogen) atoms. The number of amides is 1. The summed E-state index contributed by atoms with van der Waals surface area (Å²) >= 11 is 0. The summed E-state index contributed by atoms with van der Waals surface area (Å²) in [6.45, 7) is 1.13. The summed E-state index contributed by atoms with van der Waals surface area (Å²) in [4.78, 5) is 14.1. The fourth-order valence-electron chi connectivity index (χ4n) is 3.76. The predicted molar refractivity (Wildman–Crippen MR) is 112 cm³/mol. The number of rotatable bonds is 6. The van der Waals surface area contributed by atoms with Crippen LogP contribution in [-0.2, 0) is 24.7 Å². The molecule has 0 radical (unpaired) electrons. The molecule has 2 heterocycles. The van der Waals surface area contributed by atoms with Crippen LogP contribution in [0.5, 0.6) is 0 Å².